The number of methoxy groups -OCH3 is 2. The highest BCUT2D eigenvalue weighted by atomic mass is 16.5. The van der Waals surface area contributed by atoms with E-state index in [1.807, 2.05) is 59.5 Å². The van der Waals surface area contributed by atoms with Crippen LogP contribution in [0.1, 0.15) is 6.92 Å². The van der Waals surface area contributed by atoms with Crippen LogP contribution in [0.15, 0.2) is 60.8 Å². The van der Waals surface area contributed by atoms with E-state index in [1.54, 1.807) is 20.4 Å². The molecular weight excluding hydrogens is 328 g/mol. The highest BCUT2D eigenvalue weighted by Gasteiger charge is 2.12. The number of anilines is 4. The molecule has 6 heteroatoms. The Hall–Kier alpha value is -3.28. The van der Waals surface area contributed by atoms with E-state index in [0.717, 1.165) is 23.7 Å². The molecule has 0 aliphatic heterocycles. The fourth-order valence-electron chi connectivity index (χ4n) is 2.65. The molecule has 1 aromatic heterocycles. The monoisotopic (exact) mass is 350 g/mol. The molecule has 134 valence electrons. The molecule has 0 saturated carbocycles. The zero-order valence-electron chi connectivity index (χ0n) is 15.1. The van der Waals surface area contributed by atoms with Gasteiger partial charge in [0, 0.05) is 24.5 Å². The van der Waals surface area contributed by atoms with Gasteiger partial charge in [-0.2, -0.15) is 4.98 Å². The first-order chi connectivity index (χ1) is 12.7. The smallest absolute Gasteiger partial charge is 0.231 e. The van der Waals surface area contributed by atoms with E-state index in [2.05, 4.69) is 22.2 Å². The zero-order valence-corrected chi connectivity index (χ0v) is 15.1. The Balaban J connectivity index is 1.90. The van der Waals surface area contributed by atoms with E-state index >= 15 is 0 Å². The van der Waals surface area contributed by atoms with Crippen LogP contribution in [-0.2, 0) is 0 Å². The quantitative estimate of drug-likeness (QED) is 0.682. The summed E-state index contributed by atoms with van der Waals surface area (Å²) in [5.74, 6) is 2.75. The lowest BCUT2D eigenvalue weighted by molar-refractivity contribution is 0.405. The minimum absolute atomic E-state index is 0.630. The normalized spacial score (nSPS) is 10.3. The SMILES string of the molecule is CCN(c1ccccc1)c1nccc(Nc2cc(OC)ccc2OC)n1. The number of hydrogen-bond acceptors (Lipinski definition) is 6. The second kappa shape index (κ2) is 8.20. The van der Waals surface area contributed by atoms with E-state index in [-0.39, 0.29) is 0 Å². The summed E-state index contributed by atoms with van der Waals surface area (Å²) in [6, 6.07) is 17.5. The molecule has 0 aliphatic rings. The van der Waals surface area contributed by atoms with Crippen molar-refractivity contribution >= 4 is 23.1 Å². The zero-order chi connectivity index (χ0) is 18.4. The Kier molecular flexibility index (Phi) is 5.53. The van der Waals surface area contributed by atoms with E-state index in [1.165, 1.54) is 0 Å². The number of hydrogen-bond donors (Lipinski definition) is 1. The summed E-state index contributed by atoms with van der Waals surface area (Å²) < 4.78 is 10.7. The molecule has 3 aromatic rings. The molecule has 0 unspecified atom stereocenters. The summed E-state index contributed by atoms with van der Waals surface area (Å²) in [6.45, 7) is 2.83. The molecule has 0 fully saturated rings. The van der Waals surface area contributed by atoms with E-state index in [4.69, 9.17) is 9.47 Å². The van der Waals surface area contributed by atoms with Crippen molar-refractivity contribution in [3.8, 4) is 11.5 Å². The number of aromatic nitrogens is 2. The first kappa shape index (κ1) is 17.5. The van der Waals surface area contributed by atoms with Gasteiger partial charge in [-0.05, 0) is 37.3 Å². The van der Waals surface area contributed by atoms with Gasteiger partial charge in [0.05, 0.1) is 19.9 Å². The van der Waals surface area contributed by atoms with Gasteiger partial charge in [-0.25, -0.2) is 4.98 Å². The number of nitrogens with one attached hydrogen (secondary N) is 1. The van der Waals surface area contributed by atoms with Crippen molar-refractivity contribution in [2.45, 2.75) is 6.92 Å². The van der Waals surface area contributed by atoms with Crippen molar-refractivity contribution in [1.82, 2.24) is 9.97 Å². The number of benzene rings is 2. The maximum atomic E-state index is 5.41. The van der Waals surface area contributed by atoms with Crippen LogP contribution in [0, 0.1) is 0 Å². The van der Waals surface area contributed by atoms with Crippen molar-refractivity contribution in [1.29, 1.82) is 0 Å². The lowest BCUT2D eigenvalue weighted by Gasteiger charge is -2.21. The molecular formula is C20H22N4O2. The topological polar surface area (TPSA) is 59.5 Å². The van der Waals surface area contributed by atoms with Gasteiger partial charge < -0.3 is 19.7 Å². The molecule has 2 aromatic carbocycles. The van der Waals surface area contributed by atoms with Crippen LogP contribution < -0.4 is 19.7 Å². The van der Waals surface area contributed by atoms with Gasteiger partial charge in [-0.15, -0.1) is 0 Å². The molecule has 0 radical (unpaired) electrons. The summed E-state index contributed by atoms with van der Waals surface area (Å²) in [5, 5.41) is 3.29. The highest BCUT2D eigenvalue weighted by molar-refractivity contribution is 5.67. The van der Waals surface area contributed by atoms with Crippen molar-refractivity contribution in [2.24, 2.45) is 0 Å². The van der Waals surface area contributed by atoms with Gasteiger partial charge in [-0.1, -0.05) is 18.2 Å². The molecule has 1 N–H and O–H groups in total. The summed E-state index contributed by atoms with van der Waals surface area (Å²) in [4.78, 5) is 11.1. The van der Waals surface area contributed by atoms with Gasteiger partial charge >= 0.3 is 0 Å². The summed E-state index contributed by atoms with van der Waals surface area (Å²) in [6.07, 6.45) is 1.74. The van der Waals surface area contributed by atoms with Gasteiger partial charge in [0.15, 0.2) is 0 Å². The first-order valence-electron chi connectivity index (χ1n) is 8.40. The minimum Gasteiger partial charge on any atom is -0.497 e. The third-order valence-electron chi connectivity index (χ3n) is 3.94. The summed E-state index contributed by atoms with van der Waals surface area (Å²) in [5.41, 5.74) is 1.82. The van der Waals surface area contributed by atoms with Crippen molar-refractivity contribution < 1.29 is 9.47 Å². The molecule has 0 aliphatic carbocycles. The largest absolute Gasteiger partial charge is 0.497 e. The Bertz CT molecular complexity index is 855. The summed E-state index contributed by atoms with van der Waals surface area (Å²) >= 11 is 0. The lowest BCUT2D eigenvalue weighted by atomic mass is 10.2. The first-order valence-corrected chi connectivity index (χ1v) is 8.40. The van der Waals surface area contributed by atoms with Gasteiger partial charge in [0.2, 0.25) is 5.95 Å². The van der Waals surface area contributed by atoms with E-state index in [0.29, 0.717) is 17.5 Å². The fourth-order valence-corrected chi connectivity index (χ4v) is 2.65. The number of para-hydroxylation sites is 1. The summed E-state index contributed by atoms with van der Waals surface area (Å²) in [7, 11) is 3.26. The van der Waals surface area contributed by atoms with Crippen LogP contribution in [0.2, 0.25) is 0 Å². The van der Waals surface area contributed by atoms with E-state index in [9.17, 15) is 0 Å². The lowest BCUT2D eigenvalue weighted by Crippen LogP contribution is -2.19. The average molecular weight is 350 g/mol. The highest BCUT2D eigenvalue weighted by Crippen LogP contribution is 2.31. The molecule has 1 heterocycles. The van der Waals surface area contributed by atoms with Crippen LogP contribution in [-0.4, -0.2) is 30.7 Å². The Morgan fingerprint density at radius 1 is 1.00 bits per heavy atom. The molecule has 6 nitrogen and oxygen atoms in total. The molecule has 26 heavy (non-hydrogen) atoms. The number of rotatable bonds is 7. The minimum atomic E-state index is 0.630. The number of ether oxygens (including phenoxy) is 2. The Labute approximate surface area is 153 Å². The van der Waals surface area contributed by atoms with E-state index < -0.39 is 0 Å². The molecule has 0 spiro atoms. The van der Waals surface area contributed by atoms with Crippen LogP contribution in [0.5, 0.6) is 11.5 Å². The maximum absolute atomic E-state index is 5.41. The van der Waals surface area contributed by atoms with Crippen LogP contribution in [0.3, 0.4) is 0 Å². The third-order valence-corrected chi connectivity index (χ3v) is 3.94. The van der Waals surface area contributed by atoms with Crippen LogP contribution >= 0.6 is 0 Å². The van der Waals surface area contributed by atoms with Crippen molar-refractivity contribution in [3.05, 3.63) is 60.8 Å². The van der Waals surface area contributed by atoms with Crippen molar-refractivity contribution in [3.63, 3.8) is 0 Å². The number of nitrogens with zero attached hydrogens (tertiary/aromatic N) is 3. The Morgan fingerprint density at radius 2 is 1.81 bits per heavy atom. The standard InChI is InChI=1S/C20H22N4O2/c1-4-24(15-8-6-5-7-9-15)20-21-13-12-19(23-20)22-17-14-16(25-2)10-11-18(17)26-3/h5-14H,4H2,1-3H3,(H,21,22,23). The maximum Gasteiger partial charge on any atom is 0.231 e. The molecule has 0 amide bonds. The van der Waals surface area contributed by atoms with Crippen molar-refractivity contribution in [2.75, 3.05) is 31.0 Å². The third kappa shape index (κ3) is 3.85. The van der Waals surface area contributed by atoms with Crippen LogP contribution in [0.25, 0.3) is 0 Å². The Morgan fingerprint density at radius 3 is 2.50 bits per heavy atom. The second-order valence-electron chi connectivity index (χ2n) is 5.51. The van der Waals surface area contributed by atoms with Gasteiger partial charge in [0.25, 0.3) is 0 Å². The van der Waals surface area contributed by atoms with Crippen LogP contribution in [0.4, 0.5) is 23.1 Å². The molecule has 0 saturated heterocycles. The predicted octanol–water partition coefficient (Wildman–Crippen LogP) is 4.40. The van der Waals surface area contributed by atoms with Gasteiger partial charge in [-0.3, -0.25) is 0 Å². The van der Waals surface area contributed by atoms with Gasteiger partial charge in [0.1, 0.15) is 17.3 Å². The molecule has 3 rings (SSSR count). The predicted molar refractivity (Wildman–Crippen MR) is 104 cm³/mol. The molecule has 0 atom stereocenters. The molecule has 0 bridgehead atoms. The average Bonchev–Trinajstić information content (AvgIpc) is 2.69. The fraction of sp³-hybridized carbons (Fsp3) is 0.200. The second-order valence-corrected chi connectivity index (χ2v) is 5.51.